The van der Waals surface area contributed by atoms with E-state index in [2.05, 4.69) is 5.32 Å². The minimum atomic E-state index is -0.427. The van der Waals surface area contributed by atoms with Gasteiger partial charge < -0.3 is 5.32 Å². The van der Waals surface area contributed by atoms with Gasteiger partial charge in [0, 0.05) is 13.1 Å². The molecule has 60 valence electrons. The lowest BCUT2D eigenvalue weighted by molar-refractivity contribution is -0.0383. The van der Waals surface area contributed by atoms with Crippen molar-refractivity contribution >= 4 is 6.03 Å². The number of nitrogens with zero attached hydrogens (tertiary/aromatic N) is 1. The van der Waals surface area contributed by atoms with Crippen molar-refractivity contribution in [3.8, 4) is 0 Å². The molecule has 0 atom stereocenters. The summed E-state index contributed by atoms with van der Waals surface area (Å²) in [5.41, 5.74) is 0. The normalized spacial score (nSPS) is 9.10. The standard InChI is InChI=1S/C6H14N2O2/c1-3-5-7-6(9)8(10)4-2/h10H,3-5H2,1-2H3,(H,7,9). The minimum Gasteiger partial charge on any atom is -0.336 e. The number of rotatable bonds is 3. The first-order chi connectivity index (χ1) is 4.72. The smallest absolute Gasteiger partial charge is 0.336 e. The largest absolute Gasteiger partial charge is 0.341 e. The Morgan fingerprint density at radius 1 is 1.60 bits per heavy atom. The third-order valence-corrected chi connectivity index (χ3v) is 1.06. The number of carbonyl (C=O) groups is 1. The van der Waals surface area contributed by atoms with Crippen LogP contribution in [0.3, 0.4) is 0 Å². The fourth-order valence-electron chi connectivity index (χ4n) is 0.467. The lowest BCUT2D eigenvalue weighted by Gasteiger charge is -2.12. The molecule has 0 heterocycles. The second kappa shape index (κ2) is 5.05. The molecule has 4 heteroatoms. The van der Waals surface area contributed by atoms with Gasteiger partial charge in [-0.2, -0.15) is 0 Å². The van der Waals surface area contributed by atoms with Gasteiger partial charge in [0.1, 0.15) is 0 Å². The van der Waals surface area contributed by atoms with E-state index in [0.29, 0.717) is 18.2 Å². The quantitative estimate of drug-likeness (QED) is 0.457. The third kappa shape index (κ3) is 3.29. The van der Waals surface area contributed by atoms with Gasteiger partial charge in [-0.3, -0.25) is 5.21 Å². The van der Waals surface area contributed by atoms with Crippen LogP contribution in [0.25, 0.3) is 0 Å². The van der Waals surface area contributed by atoms with Crippen molar-refractivity contribution < 1.29 is 10.0 Å². The molecule has 0 spiro atoms. The number of amides is 2. The molecule has 2 N–H and O–H groups in total. The fourth-order valence-corrected chi connectivity index (χ4v) is 0.467. The van der Waals surface area contributed by atoms with E-state index < -0.39 is 6.03 Å². The molecule has 0 rings (SSSR count). The zero-order valence-corrected chi connectivity index (χ0v) is 6.42. The summed E-state index contributed by atoms with van der Waals surface area (Å²) >= 11 is 0. The Hall–Kier alpha value is -0.770. The van der Waals surface area contributed by atoms with E-state index in [1.165, 1.54) is 0 Å². The second-order valence-corrected chi connectivity index (χ2v) is 1.95. The minimum absolute atomic E-state index is 0.315. The molecule has 0 aliphatic carbocycles. The van der Waals surface area contributed by atoms with Gasteiger partial charge in [0.2, 0.25) is 0 Å². The van der Waals surface area contributed by atoms with Crippen molar-refractivity contribution in [1.82, 2.24) is 10.4 Å². The molecule has 0 aromatic heterocycles. The van der Waals surface area contributed by atoms with E-state index >= 15 is 0 Å². The van der Waals surface area contributed by atoms with Crippen LogP contribution in [0.1, 0.15) is 20.3 Å². The summed E-state index contributed by atoms with van der Waals surface area (Å²) in [7, 11) is 0. The molecule has 4 nitrogen and oxygen atoms in total. The van der Waals surface area contributed by atoms with Gasteiger partial charge in [0.15, 0.2) is 0 Å². The molecular weight excluding hydrogens is 132 g/mol. The van der Waals surface area contributed by atoms with Crippen molar-refractivity contribution in [2.45, 2.75) is 20.3 Å². The van der Waals surface area contributed by atoms with Crippen molar-refractivity contribution in [3.05, 3.63) is 0 Å². The summed E-state index contributed by atoms with van der Waals surface area (Å²) in [5, 5.41) is 11.9. The predicted octanol–water partition coefficient (Wildman–Crippen LogP) is 0.817. The predicted molar refractivity (Wildman–Crippen MR) is 37.9 cm³/mol. The lowest BCUT2D eigenvalue weighted by atomic mass is 10.5. The number of hydrogen-bond acceptors (Lipinski definition) is 2. The summed E-state index contributed by atoms with van der Waals surface area (Å²) in [6, 6.07) is -0.427. The Morgan fingerprint density at radius 2 is 2.20 bits per heavy atom. The summed E-state index contributed by atoms with van der Waals surface area (Å²) in [6.45, 7) is 4.57. The van der Waals surface area contributed by atoms with Crippen molar-refractivity contribution in [3.63, 3.8) is 0 Å². The monoisotopic (exact) mass is 146 g/mol. The summed E-state index contributed by atoms with van der Waals surface area (Å²) in [5.74, 6) is 0. The number of carbonyl (C=O) groups excluding carboxylic acids is 1. The first kappa shape index (κ1) is 9.23. The van der Waals surface area contributed by atoms with Crippen LogP contribution in [0, 0.1) is 0 Å². The molecule has 10 heavy (non-hydrogen) atoms. The van der Waals surface area contributed by atoms with E-state index in [-0.39, 0.29) is 0 Å². The Bertz CT molecular complexity index is 106. The topological polar surface area (TPSA) is 52.6 Å². The summed E-state index contributed by atoms with van der Waals surface area (Å²) in [4.78, 5) is 10.7. The zero-order valence-electron chi connectivity index (χ0n) is 6.42. The molecule has 0 aliphatic heterocycles. The average Bonchev–Trinajstić information content (AvgIpc) is 1.98. The molecule has 0 saturated heterocycles. The Balaban J connectivity index is 3.42. The molecule has 0 radical (unpaired) electrons. The van der Waals surface area contributed by atoms with Gasteiger partial charge >= 0.3 is 6.03 Å². The van der Waals surface area contributed by atoms with Crippen molar-refractivity contribution in [2.24, 2.45) is 0 Å². The van der Waals surface area contributed by atoms with Crippen molar-refractivity contribution in [2.75, 3.05) is 13.1 Å². The molecule has 0 aliphatic rings. The lowest BCUT2D eigenvalue weighted by Crippen LogP contribution is -2.37. The van der Waals surface area contributed by atoms with E-state index in [4.69, 9.17) is 5.21 Å². The van der Waals surface area contributed by atoms with Crippen LogP contribution in [0.4, 0.5) is 4.79 Å². The maximum absolute atomic E-state index is 10.7. The van der Waals surface area contributed by atoms with Crippen LogP contribution in [-0.2, 0) is 0 Å². The zero-order chi connectivity index (χ0) is 7.98. The SMILES string of the molecule is CCCNC(=O)N(O)CC. The van der Waals surface area contributed by atoms with Gasteiger partial charge in [0.05, 0.1) is 0 Å². The van der Waals surface area contributed by atoms with Crippen molar-refractivity contribution in [1.29, 1.82) is 0 Å². The van der Waals surface area contributed by atoms with Gasteiger partial charge in [-0.05, 0) is 13.3 Å². The molecule has 0 unspecified atom stereocenters. The molecule has 0 saturated carbocycles. The highest BCUT2D eigenvalue weighted by Gasteiger charge is 2.04. The number of nitrogens with one attached hydrogen (secondary N) is 1. The van der Waals surface area contributed by atoms with Gasteiger partial charge in [-0.25, -0.2) is 9.86 Å². The van der Waals surface area contributed by atoms with Gasteiger partial charge in [-0.1, -0.05) is 6.92 Å². The maximum Gasteiger partial charge on any atom is 0.341 e. The fraction of sp³-hybridized carbons (Fsp3) is 0.833. The Kier molecular flexibility index (Phi) is 4.66. The highest BCUT2D eigenvalue weighted by Crippen LogP contribution is 1.81. The van der Waals surface area contributed by atoms with Crippen LogP contribution in [0.2, 0.25) is 0 Å². The number of hydroxylamine groups is 2. The Morgan fingerprint density at radius 3 is 2.60 bits per heavy atom. The van der Waals surface area contributed by atoms with Crippen LogP contribution in [-0.4, -0.2) is 29.4 Å². The Labute approximate surface area is 60.8 Å². The molecular formula is C6H14N2O2. The van der Waals surface area contributed by atoms with Gasteiger partial charge in [0.25, 0.3) is 0 Å². The molecule has 0 aromatic rings. The van der Waals surface area contributed by atoms with E-state index in [9.17, 15) is 4.79 Å². The van der Waals surface area contributed by atoms with E-state index in [0.717, 1.165) is 6.42 Å². The van der Waals surface area contributed by atoms with E-state index in [1.807, 2.05) is 6.92 Å². The molecule has 0 fully saturated rings. The average molecular weight is 146 g/mol. The first-order valence-corrected chi connectivity index (χ1v) is 3.46. The summed E-state index contributed by atoms with van der Waals surface area (Å²) < 4.78 is 0. The summed E-state index contributed by atoms with van der Waals surface area (Å²) in [6.07, 6.45) is 0.878. The second-order valence-electron chi connectivity index (χ2n) is 1.95. The van der Waals surface area contributed by atoms with Crippen LogP contribution in [0.15, 0.2) is 0 Å². The first-order valence-electron chi connectivity index (χ1n) is 3.46. The molecule has 0 aromatic carbocycles. The highest BCUT2D eigenvalue weighted by atomic mass is 16.5. The van der Waals surface area contributed by atoms with Crippen LogP contribution in [0.5, 0.6) is 0 Å². The van der Waals surface area contributed by atoms with E-state index in [1.54, 1.807) is 6.92 Å². The molecule has 0 bridgehead atoms. The van der Waals surface area contributed by atoms with Crippen LogP contribution < -0.4 is 5.32 Å². The third-order valence-electron chi connectivity index (χ3n) is 1.06. The molecule has 2 amide bonds. The number of hydrogen-bond donors (Lipinski definition) is 2. The van der Waals surface area contributed by atoms with Crippen LogP contribution >= 0.6 is 0 Å². The number of urea groups is 1. The van der Waals surface area contributed by atoms with Gasteiger partial charge in [-0.15, -0.1) is 0 Å². The maximum atomic E-state index is 10.7. The highest BCUT2D eigenvalue weighted by molar-refractivity contribution is 5.72.